The number of aromatic nitrogens is 3. The zero-order valence-corrected chi connectivity index (χ0v) is 14.5. The van der Waals surface area contributed by atoms with E-state index < -0.39 is 0 Å². The van der Waals surface area contributed by atoms with E-state index in [2.05, 4.69) is 20.3 Å². The van der Waals surface area contributed by atoms with E-state index in [0.717, 1.165) is 42.8 Å². The van der Waals surface area contributed by atoms with Crippen molar-refractivity contribution in [2.75, 3.05) is 6.54 Å². The van der Waals surface area contributed by atoms with Crippen molar-refractivity contribution in [3.63, 3.8) is 0 Å². The Morgan fingerprint density at radius 3 is 2.57 bits per heavy atom. The van der Waals surface area contributed by atoms with Gasteiger partial charge in [0.1, 0.15) is 5.82 Å². The Labute approximate surface area is 149 Å². The summed E-state index contributed by atoms with van der Waals surface area (Å²) >= 11 is 17.9. The number of fused-ring (bicyclic) bond motifs is 1. The fourth-order valence-electron chi connectivity index (χ4n) is 2.37. The third kappa shape index (κ3) is 4.58. The Morgan fingerprint density at radius 1 is 1.00 bits per heavy atom. The van der Waals surface area contributed by atoms with Gasteiger partial charge in [0.05, 0.1) is 10.5 Å². The lowest BCUT2D eigenvalue weighted by Gasteiger charge is -2.05. The number of hydrogen-bond acceptors (Lipinski definition) is 3. The number of aryl methyl sites for hydroxylation is 1. The summed E-state index contributed by atoms with van der Waals surface area (Å²) in [6, 6.07) is 7.39. The number of halogens is 3. The molecule has 0 atom stereocenters. The largest absolute Gasteiger partial charge is 0.341 e. The van der Waals surface area contributed by atoms with Crippen molar-refractivity contribution in [2.24, 2.45) is 0 Å². The smallest absolute Gasteiger partial charge is 0.177 e. The lowest BCUT2D eigenvalue weighted by molar-refractivity contribution is 0.641. The summed E-state index contributed by atoms with van der Waals surface area (Å²) in [6.07, 6.45) is 3.41. The standard InChI is InChI=1S/C16H15Cl3N4/c17-11-4-10(5-12(18)6-11)8-20-3-1-2-15-22-14-7-13(19)9-21-16(14)23-15/h4-7,9,20H,1-3,8H2,(H,21,22,23). The minimum absolute atomic E-state index is 0.606. The van der Waals surface area contributed by atoms with Crippen LogP contribution < -0.4 is 5.32 Å². The van der Waals surface area contributed by atoms with E-state index in [1.807, 2.05) is 18.2 Å². The van der Waals surface area contributed by atoms with Gasteiger partial charge in [-0.3, -0.25) is 0 Å². The van der Waals surface area contributed by atoms with Crippen molar-refractivity contribution in [2.45, 2.75) is 19.4 Å². The molecule has 0 saturated carbocycles. The van der Waals surface area contributed by atoms with Crippen molar-refractivity contribution >= 4 is 46.0 Å². The first kappa shape index (κ1) is 16.5. The average molecular weight is 370 g/mol. The summed E-state index contributed by atoms with van der Waals surface area (Å²) in [5, 5.41) is 5.29. The highest BCUT2D eigenvalue weighted by molar-refractivity contribution is 6.34. The molecular formula is C16H15Cl3N4. The van der Waals surface area contributed by atoms with Crippen LogP contribution >= 0.6 is 34.8 Å². The van der Waals surface area contributed by atoms with Gasteiger partial charge in [0.25, 0.3) is 0 Å². The Kier molecular flexibility index (Phi) is 5.38. The molecule has 0 unspecified atom stereocenters. The highest BCUT2D eigenvalue weighted by Gasteiger charge is 2.04. The number of aromatic amines is 1. The molecule has 2 N–H and O–H groups in total. The minimum Gasteiger partial charge on any atom is -0.341 e. The molecule has 0 fully saturated rings. The van der Waals surface area contributed by atoms with Crippen molar-refractivity contribution in [3.8, 4) is 0 Å². The van der Waals surface area contributed by atoms with E-state index in [4.69, 9.17) is 34.8 Å². The minimum atomic E-state index is 0.606. The zero-order chi connectivity index (χ0) is 16.2. The van der Waals surface area contributed by atoms with Crippen LogP contribution in [-0.2, 0) is 13.0 Å². The second-order valence-corrected chi connectivity index (χ2v) is 6.58. The molecular weight excluding hydrogens is 355 g/mol. The van der Waals surface area contributed by atoms with E-state index in [1.54, 1.807) is 12.3 Å². The number of nitrogens with one attached hydrogen (secondary N) is 2. The predicted molar refractivity (Wildman–Crippen MR) is 95.4 cm³/mol. The third-order valence-corrected chi connectivity index (χ3v) is 4.01. The molecule has 0 bridgehead atoms. The summed E-state index contributed by atoms with van der Waals surface area (Å²) in [7, 11) is 0. The van der Waals surface area contributed by atoms with Gasteiger partial charge in [-0.25, -0.2) is 9.97 Å². The zero-order valence-electron chi connectivity index (χ0n) is 12.2. The number of pyridine rings is 1. The molecule has 3 aromatic rings. The normalized spacial score (nSPS) is 11.3. The molecule has 4 nitrogen and oxygen atoms in total. The number of hydrogen-bond donors (Lipinski definition) is 2. The topological polar surface area (TPSA) is 53.6 Å². The van der Waals surface area contributed by atoms with Gasteiger partial charge in [-0.2, -0.15) is 0 Å². The molecule has 2 aromatic heterocycles. The SMILES string of the molecule is Clc1cc(Cl)cc(CNCCCc2nc3ncc(Cl)cc3[nH]2)c1. The molecule has 0 aliphatic rings. The fourth-order valence-corrected chi connectivity index (χ4v) is 3.10. The first-order valence-corrected chi connectivity index (χ1v) is 8.39. The molecule has 7 heteroatoms. The molecule has 2 heterocycles. The molecule has 0 saturated heterocycles. The van der Waals surface area contributed by atoms with E-state index in [1.165, 1.54) is 0 Å². The van der Waals surface area contributed by atoms with Crippen LogP contribution in [-0.4, -0.2) is 21.5 Å². The van der Waals surface area contributed by atoms with E-state index >= 15 is 0 Å². The van der Waals surface area contributed by atoms with Gasteiger partial charge < -0.3 is 10.3 Å². The van der Waals surface area contributed by atoms with E-state index in [9.17, 15) is 0 Å². The first-order valence-electron chi connectivity index (χ1n) is 7.26. The molecule has 0 amide bonds. The molecule has 0 spiro atoms. The summed E-state index contributed by atoms with van der Waals surface area (Å²) in [5.41, 5.74) is 2.64. The van der Waals surface area contributed by atoms with Gasteiger partial charge in [-0.15, -0.1) is 0 Å². The van der Waals surface area contributed by atoms with Gasteiger partial charge in [0, 0.05) is 29.2 Å². The number of imidazole rings is 1. The van der Waals surface area contributed by atoms with E-state index in [0.29, 0.717) is 20.7 Å². The van der Waals surface area contributed by atoms with Crippen LogP contribution in [0.2, 0.25) is 15.1 Å². The Bertz CT molecular complexity index is 796. The van der Waals surface area contributed by atoms with Crippen LogP contribution in [0.5, 0.6) is 0 Å². The highest BCUT2D eigenvalue weighted by Crippen LogP contribution is 2.19. The number of nitrogens with zero attached hydrogens (tertiary/aromatic N) is 2. The van der Waals surface area contributed by atoms with Gasteiger partial charge >= 0.3 is 0 Å². The lowest BCUT2D eigenvalue weighted by Crippen LogP contribution is -2.15. The van der Waals surface area contributed by atoms with E-state index in [-0.39, 0.29) is 0 Å². The molecule has 1 aromatic carbocycles. The monoisotopic (exact) mass is 368 g/mol. The summed E-state index contributed by atoms with van der Waals surface area (Å²) in [6.45, 7) is 1.60. The Hall–Kier alpha value is -1.33. The molecule has 0 aliphatic carbocycles. The van der Waals surface area contributed by atoms with Crippen molar-refractivity contribution < 1.29 is 0 Å². The molecule has 0 radical (unpaired) electrons. The summed E-state index contributed by atoms with van der Waals surface area (Å²) in [5.74, 6) is 0.919. The summed E-state index contributed by atoms with van der Waals surface area (Å²) in [4.78, 5) is 11.9. The molecule has 23 heavy (non-hydrogen) atoms. The van der Waals surface area contributed by atoms with Crippen molar-refractivity contribution in [3.05, 3.63) is 56.9 Å². The van der Waals surface area contributed by atoms with Crippen LogP contribution in [0.3, 0.4) is 0 Å². The summed E-state index contributed by atoms with van der Waals surface area (Å²) < 4.78 is 0. The Balaban J connectivity index is 1.47. The van der Waals surface area contributed by atoms with Crippen LogP contribution in [0.4, 0.5) is 0 Å². The highest BCUT2D eigenvalue weighted by atomic mass is 35.5. The van der Waals surface area contributed by atoms with Crippen LogP contribution in [0.15, 0.2) is 30.5 Å². The Morgan fingerprint density at radius 2 is 1.78 bits per heavy atom. The molecule has 120 valence electrons. The maximum absolute atomic E-state index is 5.98. The van der Waals surface area contributed by atoms with Gasteiger partial charge in [-0.05, 0) is 42.8 Å². The van der Waals surface area contributed by atoms with Crippen LogP contribution in [0, 0.1) is 0 Å². The number of rotatable bonds is 6. The van der Waals surface area contributed by atoms with Gasteiger partial charge in [0.2, 0.25) is 0 Å². The molecule has 0 aliphatic heterocycles. The van der Waals surface area contributed by atoms with Crippen molar-refractivity contribution in [1.29, 1.82) is 0 Å². The van der Waals surface area contributed by atoms with Gasteiger partial charge in [-0.1, -0.05) is 34.8 Å². The first-order chi connectivity index (χ1) is 11.1. The fraction of sp³-hybridized carbons (Fsp3) is 0.250. The van der Waals surface area contributed by atoms with Crippen molar-refractivity contribution in [1.82, 2.24) is 20.3 Å². The lowest BCUT2D eigenvalue weighted by atomic mass is 10.2. The van der Waals surface area contributed by atoms with Crippen LogP contribution in [0.25, 0.3) is 11.2 Å². The maximum atomic E-state index is 5.98. The van der Waals surface area contributed by atoms with Gasteiger partial charge in [0.15, 0.2) is 5.65 Å². The number of H-pyrrole nitrogens is 1. The third-order valence-electron chi connectivity index (χ3n) is 3.37. The predicted octanol–water partition coefficient (Wildman–Crippen LogP) is 4.64. The quantitative estimate of drug-likeness (QED) is 0.622. The second kappa shape index (κ2) is 7.49. The van der Waals surface area contributed by atoms with Crippen LogP contribution in [0.1, 0.15) is 17.8 Å². The maximum Gasteiger partial charge on any atom is 0.177 e. The molecule has 3 rings (SSSR count). The second-order valence-electron chi connectivity index (χ2n) is 5.27. The number of benzene rings is 1. The average Bonchev–Trinajstić information content (AvgIpc) is 2.87.